The summed E-state index contributed by atoms with van der Waals surface area (Å²) in [6.45, 7) is 7.45. The molecule has 0 spiro atoms. The van der Waals surface area contributed by atoms with Gasteiger partial charge in [-0.25, -0.2) is 0 Å². The minimum absolute atomic E-state index is 0.481. The van der Waals surface area contributed by atoms with Crippen LogP contribution >= 0.6 is 8.25 Å². The second-order valence-electron chi connectivity index (χ2n) is 1.89. The molecule has 0 bridgehead atoms. The minimum Gasteiger partial charge on any atom is -0.366 e. The molecule has 80 valence electrons. The molecule has 0 aromatic heterocycles. The predicted molar refractivity (Wildman–Crippen MR) is 53.4 cm³/mol. The van der Waals surface area contributed by atoms with Gasteiger partial charge >= 0.3 is 8.25 Å². The highest BCUT2D eigenvalue weighted by molar-refractivity contribution is 7.30. The van der Waals surface area contributed by atoms with E-state index in [1.165, 1.54) is 12.8 Å². The molecule has 0 aliphatic carbocycles. The average Bonchev–Trinajstić information content (AvgIpc) is 2.04. The van der Waals surface area contributed by atoms with E-state index < -0.39 is 14.2 Å². The number of rotatable bonds is 2. The van der Waals surface area contributed by atoms with Gasteiger partial charge in [-0.05, 0) is 6.08 Å². The molecule has 0 aliphatic rings. The van der Waals surface area contributed by atoms with E-state index in [1.807, 2.05) is 0 Å². The predicted octanol–water partition coefficient (Wildman–Crippen LogP) is 0.825. The van der Waals surface area contributed by atoms with Crippen LogP contribution in [0.5, 0.6) is 0 Å². The first-order valence-electron chi connectivity index (χ1n) is 3.76. The Balaban J connectivity index is -0.000000117. The fourth-order valence-electron chi connectivity index (χ4n) is 0. The van der Waals surface area contributed by atoms with Crippen LogP contribution in [-0.2, 0) is 9.36 Å². The van der Waals surface area contributed by atoms with Gasteiger partial charge in [0.2, 0.25) is 5.91 Å². The molecule has 0 rings (SSSR count). The lowest BCUT2D eigenvalue weighted by Crippen LogP contribution is -2.04. The van der Waals surface area contributed by atoms with E-state index >= 15 is 0 Å². The van der Waals surface area contributed by atoms with E-state index in [0.29, 0.717) is 0 Å². The fraction of sp³-hybridized carbons (Fsp3) is 0.571. The van der Waals surface area contributed by atoms with E-state index in [1.54, 1.807) is 0 Å². The minimum atomic E-state index is -3.13. The van der Waals surface area contributed by atoms with Gasteiger partial charge in [-0.1, -0.05) is 33.3 Å². The van der Waals surface area contributed by atoms with E-state index in [0.717, 1.165) is 6.08 Å². The lowest BCUT2D eigenvalue weighted by atomic mass is 10.4. The largest absolute Gasteiger partial charge is 0.366 e. The average molecular weight is 211 g/mol. The highest BCUT2D eigenvalue weighted by atomic mass is 31.1. The molecular weight excluding hydrogens is 193 g/mol. The first kappa shape index (κ1) is 18.2. The van der Waals surface area contributed by atoms with Crippen LogP contribution in [0.1, 0.15) is 26.7 Å². The Morgan fingerprint density at radius 2 is 1.62 bits per heavy atom. The number of unbranched alkanes of at least 4 members (excludes halogenated alkanes) is 1. The van der Waals surface area contributed by atoms with Crippen molar-refractivity contribution >= 4 is 14.2 Å². The van der Waals surface area contributed by atoms with Crippen molar-refractivity contribution in [1.82, 2.24) is 0 Å². The van der Waals surface area contributed by atoms with Crippen molar-refractivity contribution in [2.45, 2.75) is 26.7 Å². The SMILES string of the molecule is C=CC(N)=O.CCCC.O=[PH](O)O. The van der Waals surface area contributed by atoms with Gasteiger partial charge < -0.3 is 15.5 Å². The monoisotopic (exact) mass is 211 g/mol. The Bertz CT molecular complexity index is 143. The van der Waals surface area contributed by atoms with E-state index in [-0.39, 0.29) is 0 Å². The Hall–Kier alpha value is -0.640. The zero-order valence-electron chi connectivity index (χ0n) is 7.99. The molecule has 5 nitrogen and oxygen atoms in total. The summed E-state index contributed by atoms with van der Waals surface area (Å²) in [6.07, 6.45) is 3.69. The molecular formula is C7H18NO4P. The molecule has 0 aliphatic heterocycles. The van der Waals surface area contributed by atoms with Gasteiger partial charge in [-0.2, -0.15) is 0 Å². The number of amides is 1. The molecule has 0 heterocycles. The molecule has 13 heavy (non-hydrogen) atoms. The number of nitrogens with two attached hydrogens (primary N) is 1. The maximum Gasteiger partial charge on any atom is 0.314 e. The number of hydrogen-bond donors (Lipinski definition) is 3. The lowest BCUT2D eigenvalue weighted by Gasteiger charge is -1.68. The Morgan fingerprint density at radius 1 is 1.46 bits per heavy atom. The number of carbonyl (C=O) groups excluding carboxylic acids is 1. The summed E-state index contributed by atoms with van der Waals surface area (Å²) in [5.41, 5.74) is 4.53. The van der Waals surface area contributed by atoms with Crippen molar-refractivity contribution in [3.8, 4) is 0 Å². The highest BCUT2D eigenvalue weighted by Crippen LogP contribution is 1.98. The Kier molecular flexibility index (Phi) is 24.4. The van der Waals surface area contributed by atoms with Gasteiger partial charge in [0, 0.05) is 0 Å². The molecule has 0 radical (unpaired) electrons. The van der Waals surface area contributed by atoms with Gasteiger partial charge in [0.25, 0.3) is 0 Å². The summed E-state index contributed by atoms with van der Waals surface area (Å²) >= 11 is 0. The van der Waals surface area contributed by atoms with Crippen molar-refractivity contribution in [2.24, 2.45) is 5.73 Å². The Labute approximate surface area is 79.2 Å². The third kappa shape index (κ3) is 179. The normalized spacial score (nSPS) is 7.46. The van der Waals surface area contributed by atoms with Gasteiger partial charge in [0.05, 0.1) is 0 Å². The van der Waals surface area contributed by atoms with Crippen LogP contribution in [0.15, 0.2) is 12.7 Å². The quantitative estimate of drug-likeness (QED) is 0.465. The van der Waals surface area contributed by atoms with Crippen molar-refractivity contribution in [3.63, 3.8) is 0 Å². The van der Waals surface area contributed by atoms with Crippen LogP contribution in [0.4, 0.5) is 0 Å². The van der Waals surface area contributed by atoms with E-state index in [4.69, 9.17) is 14.4 Å². The molecule has 0 aromatic carbocycles. The molecule has 0 unspecified atom stereocenters. The maximum absolute atomic E-state index is 9.47. The molecule has 0 aromatic rings. The van der Waals surface area contributed by atoms with E-state index in [9.17, 15) is 4.79 Å². The topological polar surface area (TPSA) is 101 Å². The number of hydrogen-bond acceptors (Lipinski definition) is 2. The second kappa shape index (κ2) is 17.4. The number of primary amides is 1. The smallest absolute Gasteiger partial charge is 0.314 e. The first-order valence-corrected chi connectivity index (χ1v) is 5.06. The summed E-state index contributed by atoms with van der Waals surface area (Å²) in [6, 6.07) is 0. The zero-order chi connectivity index (χ0) is 11.3. The third-order valence-electron chi connectivity index (χ3n) is 0.701. The molecule has 4 N–H and O–H groups in total. The number of carbonyl (C=O) groups is 1. The highest BCUT2D eigenvalue weighted by Gasteiger charge is 1.69. The van der Waals surface area contributed by atoms with Crippen LogP contribution in [0, 0.1) is 0 Å². The van der Waals surface area contributed by atoms with Crippen molar-refractivity contribution in [3.05, 3.63) is 12.7 Å². The summed E-state index contributed by atoms with van der Waals surface area (Å²) in [4.78, 5) is 23.8. The third-order valence-corrected chi connectivity index (χ3v) is 0.701. The summed E-state index contributed by atoms with van der Waals surface area (Å²) in [5, 5.41) is 0. The summed E-state index contributed by atoms with van der Waals surface area (Å²) in [7, 11) is -3.13. The van der Waals surface area contributed by atoms with Crippen molar-refractivity contribution in [2.75, 3.05) is 0 Å². The molecule has 0 fully saturated rings. The Morgan fingerprint density at radius 3 is 1.62 bits per heavy atom. The van der Waals surface area contributed by atoms with Gasteiger partial charge in [-0.15, -0.1) is 0 Å². The van der Waals surface area contributed by atoms with Crippen LogP contribution < -0.4 is 5.73 Å². The molecule has 0 atom stereocenters. The fourth-order valence-corrected chi connectivity index (χ4v) is 0. The summed E-state index contributed by atoms with van der Waals surface area (Å²) < 4.78 is 8.74. The van der Waals surface area contributed by atoms with Crippen LogP contribution in [0.2, 0.25) is 0 Å². The van der Waals surface area contributed by atoms with Gasteiger partial charge in [-0.3, -0.25) is 9.36 Å². The van der Waals surface area contributed by atoms with Gasteiger partial charge in [0.1, 0.15) is 0 Å². The van der Waals surface area contributed by atoms with Crippen molar-refractivity contribution < 1.29 is 19.1 Å². The van der Waals surface area contributed by atoms with Crippen LogP contribution in [0.3, 0.4) is 0 Å². The lowest BCUT2D eigenvalue weighted by molar-refractivity contribution is -0.113. The second-order valence-corrected chi connectivity index (χ2v) is 2.45. The van der Waals surface area contributed by atoms with Crippen molar-refractivity contribution in [1.29, 1.82) is 0 Å². The molecule has 0 saturated carbocycles. The molecule has 1 amide bonds. The standard InChI is InChI=1S/C4H10.C3H5NO.H3O3P/c1-3-4-2;1-2-3(4)5;1-4(2)3/h3-4H2,1-2H3;2H,1H2,(H2,4,5);4H,(H2,1,2,3). The first-order chi connectivity index (χ1) is 5.92. The summed E-state index contributed by atoms with van der Waals surface area (Å²) in [5.74, 6) is -0.481. The molecule has 6 heteroatoms. The van der Waals surface area contributed by atoms with Gasteiger partial charge in [0.15, 0.2) is 0 Å². The zero-order valence-corrected chi connectivity index (χ0v) is 8.99. The van der Waals surface area contributed by atoms with Crippen LogP contribution in [0.25, 0.3) is 0 Å². The van der Waals surface area contributed by atoms with Crippen LogP contribution in [-0.4, -0.2) is 15.7 Å². The van der Waals surface area contributed by atoms with E-state index in [2.05, 4.69) is 26.2 Å². The maximum atomic E-state index is 9.47. The molecule has 0 saturated heterocycles.